The van der Waals surface area contributed by atoms with Crippen LogP contribution in [-0.4, -0.2) is 80.6 Å². The molecule has 208 valence electrons. The summed E-state index contributed by atoms with van der Waals surface area (Å²) in [4.78, 5) is 43.5. The Hall–Kier alpha value is -3.03. The molecule has 0 radical (unpaired) electrons. The van der Waals surface area contributed by atoms with Gasteiger partial charge in [0.05, 0.1) is 4.88 Å². The molecule has 11 nitrogen and oxygen atoms in total. The number of thiophene rings is 1. The third-order valence-corrected chi connectivity index (χ3v) is 7.04. The van der Waals surface area contributed by atoms with Gasteiger partial charge >= 0.3 is 6.09 Å². The lowest BCUT2D eigenvalue weighted by molar-refractivity contribution is 0.0566. The largest absolute Gasteiger partial charge is 0.442 e. The van der Waals surface area contributed by atoms with Crippen LogP contribution in [-0.2, 0) is 17.8 Å². The van der Waals surface area contributed by atoms with Crippen LogP contribution in [0.1, 0.15) is 51.9 Å². The van der Waals surface area contributed by atoms with Crippen molar-refractivity contribution in [2.24, 2.45) is 0 Å². The molecule has 12 heteroatoms. The molecule has 2 heterocycles. The third kappa shape index (κ3) is 8.23. The smallest absolute Gasteiger partial charge is 0.430 e. The minimum atomic E-state index is -0.709. The van der Waals surface area contributed by atoms with E-state index in [1.54, 1.807) is 47.0 Å². The Morgan fingerprint density at radius 1 is 1.05 bits per heavy atom. The first kappa shape index (κ1) is 29.5. The summed E-state index contributed by atoms with van der Waals surface area (Å²) in [6.07, 6.45) is -0.619. The summed E-state index contributed by atoms with van der Waals surface area (Å²) in [5.74, 6) is -0.593. The topological polar surface area (TPSA) is 118 Å². The van der Waals surface area contributed by atoms with E-state index >= 15 is 0 Å². The van der Waals surface area contributed by atoms with Gasteiger partial charge in [0.2, 0.25) is 0 Å². The SMILES string of the molecule is CNNC(=O)c1cc(CNC(=O)c2cccc(CN3CCN(C)CC3)c2)c(N(NC)C(=O)OC(C)(C)C)s1. The predicted molar refractivity (Wildman–Crippen MR) is 149 cm³/mol. The molecule has 4 N–H and O–H groups in total. The van der Waals surface area contributed by atoms with E-state index in [0.29, 0.717) is 21.0 Å². The molecular formula is C26H39N7O4S. The molecule has 1 aromatic heterocycles. The first-order chi connectivity index (χ1) is 18.0. The van der Waals surface area contributed by atoms with Gasteiger partial charge in [-0.1, -0.05) is 12.1 Å². The van der Waals surface area contributed by atoms with Gasteiger partial charge in [-0.2, -0.15) is 5.01 Å². The molecule has 2 aromatic rings. The van der Waals surface area contributed by atoms with Crippen LogP contribution in [0.25, 0.3) is 0 Å². The van der Waals surface area contributed by atoms with Crippen molar-refractivity contribution in [2.75, 3.05) is 52.3 Å². The summed E-state index contributed by atoms with van der Waals surface area (Å²) in [7, 11) is 5.30. The van der Waals surface area contributed by atoms with Gasteiger partial charge in [0.1, 0.15) is 10.6 Å². The van der Waals surface area contributed by atoms with Gasteiger partial charge in [0, 0.05) is 64.5 Å². The molecule has 38 heavy (non-hydrogen) atoms. The number of hydrogen-bond acceptors (Lipinski definition) is 9. The van der Waals surface area contributed by atoms with E-state index in [1.807, 2.05) is 18.2 Å². The number of amides is 3. The van der Waals surface area contributed by atoms with Crippen LogP contribution < -0.4 is 26.6 Å². The van der Waals surface area contributed by atoms with E-state index < -0.39 is 11.7 Å². The normalized spacial score (nSPS) is 14.7. The molecule has 1 aromatic carbocycles. The maximum atomic E-state index is 13.1. The van der Waals surface area contributed by atoms with Gasteiger partial charge in [0.25, 0.3) is 11.8 Å². The Kier molecular flexibility index (Phi) is 10.2. The second-order valence-electron chi connectivity index (χ2n) is 10.1. The fraction of sp³-hybridized carbons (Fsp3) is 0.500. The van der Waals surface area contributed by atoms with Gasteiger partial charge < -0.3 is 15.0 Å². The lowest BCUT2D eigenvalue weighted by Crippen LogP contribution is -2.44. The van der Waals surface area contributed by atoms with E-state index in [1.165, 1.54) is 5.01 Å². The molecule has 0 bridgehead atoms. The van der Waals surface area contributed by atoms with Gasteiger partial charge in [-0.15, -0.1) is 11.3 Å². The molecule has 0 saturated carbocycles. The number of carbonyl (C=O) groups excluding carboxylic acids is 3. The Morgan fingerprint density at radius 2 is 1.76 bits per heavy atom. The van der Waals surface area contributed by atoms with Gasteiger partial charge in [-0.3, -0.25) is 19.9 Å². The van der Waals surface area contributed by atoms with Gasteiger partial charge in [0.15, 0.2) is 0 Å². The van der Waals surface area contributed by atoms with Crippen LogP contribution in [0.4, 0.5) is 9.80 Å². The molecular weight excluding hydrogens is 506 g/mol. The molecule has 1 saturated heterocycles. The van der Waals surface area contributed by atoms with Crippen LogP contribution in [0.15, 0.2) is 30.3 Å². The number of anilines is 1. The predicted octanol–water partition coefficient (Wildman–Crippen LogP) is 2.17. The van der Waals surface area contributed by atoms with E-state index in [-0.39, 0.29) is 18.4 Å². The molecule has 0 atom stereocenters. The molecule has 0 unspecified atom stereocenters. The quantitative estimate of drug-likeness (QED) is 0.354. The number of hydrazine groups is 2. The van der Waals surface area contributed by atoms with Crippen molar-refractivity contribution in [1.82, 2.24) is 31.4 Å². The number of rotatable bonds is 9. The van der Waals surface area contributed by atoms with Crippen LogP contribution in [0.3, 0.4) is 0 Å². The molecule has 1 aliphatic rings. The number of benzene rings is 1. The summed E-state index contributed by atoms with van der Waals surface area (Å²) in [5.41, 5.74) is 9.50. The zero-order valence-electron chi connectivity index (χ0n) is 23.0. The maximum absolute atomic E-state index is 13.1. The first-order valence-electron chi connectivity index (χ1n) is 12.6. The van der Waals surface area contributed by atoms with E-state index in [4.69, 9.17) is 4.74 Å². The number of nitrogens with one attached hydrogen (secondary N) is 4. The average molecular weight is 546 g/mol. The number of ether oxygens (including phenoxy) is 1. The highest BCUT2D eigenvalue weighted by atomic mass is 32.1. The molecule has 1 fully saturated rings. The second-order valence-corrected chi connectivity index (χ2v) is 11.2. The third-order valence-electron chi connectivity index (χ3n) is 5.88. The van der Waals surface area contributed by atoms with Crippen molar-refractivity contribution < 1.29 is 19.1 Å². The Morgan fingerprint density at radius 3 is 2.39 bits per heavy atom. The van der Waals surface area contributed by atoms with Crippen molar-refractivity contribution in [2.45, 2.75) is 39.5 Å². The van der Waals surface area contributed by atoms with E-state index in [9.17, 15) is 14.4 Å². The first-order valence-corrected chi connectivity index (χ1v) is 13.4. The summed E-state index contributed by atoms with van der Waals surface area (Å²) in [5, 5.41) is 4.63. The summed E-state index contributed by atoms with van der Waals surface area (Å²) in [6, 6.07) is 9.27. The molecule has 0 aliphatic carbocycles. The number of hydrogen-bond donors (Lipinski definition) is 4. The lowest BCUT2D eigenvalue weighted by atomic mass is 10.1. The molecule has 3 rings (SSSR count). The standard InChI is InChI=1S/C26H39N7O4S/c1-26(2,3)37-25(36)33(28-5)24-20(15-21(38-24)23(35)30-27-4)16-29-22(34)19-9-7-8-18(14-19)17-32-12-10-31(6)11-13-32/h7-9,14-15,27-28H,10-13,16-17H2,1-6H3,(H,29,34)(H,30,35). The van der Waals surface area contributed by atoms with E-state index in [2.05, 4.69) is 38.4 Å². The highest BCUT2D eigenvalue weighted by Crippen LogP contribution is 2.32. The maximum Gasteiger partial charge on any atom is 0.430 e. The van der Waals surface area contributed by atoms with Crippen LogP contribution in [0.2, 0.25) is 0 Å². The van der Waals surface area contributed by atoms with E-state index in [0.717, 1.165) is 49.6 Å². The van der Waals surface area contributed by atoms with Crippen molar-refractivity contribution in [3.8, 4) is 0 Å². The zero-order chi connectivity index (χ0) is 27.9. The Balaban J connectivity index is 1.76. The van der Waals surface area contributed by atoms with Crippen molar-refractivity contribution in [3.05, 3.63) is 51.9 Å². The summed E-state index contributed by atoms with van der Waals surface area (Å²) in [6.45, 7) is 10.3. The van der Waals surface area contributed by atoms with Crippen molar-refractivity contribution >= 4 is 34.2 Å². The molecule has 0 spiro atoms. The second kappa shape index (κ2) is 13.2. The van der Waals surface area contributed by atoms with Gasteiger partial charge in [-0.05, 0) is 51.6 Å². The van der Waals surface area contributed by atoms with Crippen molar-refractivity contribution in [3.63, 3.8) is 0 Å². The highest BCUT2D eigenvalue weighted by Gasteiger charge is 2.27. The minimum absolute atomic E-state index is 0.112. The lowest BCUT2D eigenvalue weighted by Gasteiger charge is -2.32. The average Bonchev–Trinajstić information content (AvgIpc) is 3.27. The number of piperazine rings is 1. The Bertz CT molecular complexity index is 1120. The highest BCUT2D eigenvalue weighted by molar-refractivity contribution is 7.18. The van der Waals surface area contributed by atoms with Crippen LogP contribution in [0.5, 0.6) is 0 Å². The van der Waals surface area contributed by atoms with Crippen LogP contribution >= 0.6 is 11.3 Å². The fourth-order valence-electron chi connectivity index (χ4n) is 3.96. The minimum Gasteiger partial charge on any atom is -0.442 e. The summed E-state index contributed by atoms with van der Waals surface area (Å²) >= 11 is 1.11. The fourth-order valence-corrected chi connectivity index (χ4v) is 5.03. The monoisotopic (exact) mass is 545 g/mol. The van der Waals surface area contributed by atoms with Crippen molar-refractivity contribution in [1.29, 1.82) is 0 Å². The number of carbonyl (C=O) groups is 3. The number of likely N-dealkylation sites (N-methyl/N-ethyl adjacent to an activating group) is 1. The number of nitrogens with zero attached hydrogens (tertiary/aromatic N) is 3. The summed E-state index contributed by atoms with van der Waals surface area (Å²) < 4.78 is 5.52. The molecule has 3 amide bonds. The Labute approximate surface area is 228 Å². The zero-order valence-corrected chi connectivity index (χ0v) is 23.8. The van der Waals surface area contributed by atoms with Gasteiger partial charge in [-0.25, -0.2) is 15.6 Å². The molecule has 1 aliphatic heterocycles. The van der Waals surface area contributed by atoms with Crippen LogP contribution in [0, 0.1) is 0 Å².